The molecule has 1 heterocycles. The van der Waals surface area contributed by atoms with E-state index in [1.54, 1.807) is 0 Å². The van der Waals surface area contributed by atoms with E-state index in [1.807, 2.05) is 32.3 Å². The van der Waals surface area contributed by atoms with Crippen LogP contribution in [0.4, 0.5) is 5.69 Å². The second kappa shape index (κ2) is 6.22. The molecular formula is C14H21BrN2O2. The molecule has 0 aromatic heterocycles. The van der Waals surface area contributed by atoms with Crippen LogP contribution in [0.3, 0.4) is 0 Å². The minimum Gasteiger partial charge on any atom is -0.392 e. The highest BCUT2D eigenvalue weighted by molar-refractivity contribution is 9.10. The molecule has 0 aliphatic carbocycles. The third-order valence-electron chi connectivity index (χ3n) is 3.47. The number of likely N-dealkylation sites (N-methyl/N-ethyl adjacent to an activating group) is 1. The lowest BCUT2D eigenvalue weighted by Crippen LogP contribution is -2.37. The van der Waals surface area contributed by atoms with Crippen molar-refractivity contribution in [1.82, 2.24) is 4.90 Å². The van der Waals surface area contributed by atoms with E-state index in [9.17, 15) is 5.11 Å². The zero-order chi connectivity index (χ0) is 14.0. The van der Waals surface area contributed by atoms with Gasteiger partial charge in [0.1, 0.15) is 0 Å². The Morgan fingerprint density at radius 3 is 2.74 bits per heavy atom. The fourth-order valence-corrected chi connectivity index (χ4v) is 3.32. The summed E-state index contributed by atoms with van der Waals surface area (Å²) in [5.74, 6) is 0. The van der Waals surface area contributed by atoms with Crippen LogP contribution in [0.15, 0.2) is 22.7 Å². The van der Waals surface area contributed by atoms with Gasteiger partial charge in [0.15, 0.2) is 0 Å². The third-order valence-corrected chi connectivity index (χ3v) is 4.11. The summed E-state index contributed by atoms with van der Waals surface area (Å²) in [6.45, 7) is 1.63. The molecule has 0 amide bonds. The monoisotopic (exact) mass is 328 g/mol. The van der Waals surface area contributed by atoms with Crippen LogP contribution in [0.5, 0.6) is 0 Å². The van der Waals surface area contributed by atoms with Gasteiger partial charge in [0.05, 0.1) is 18.4 Å². The minimum atomic E-state index is -0.269. The summed E-state index contributed by atoms with van der Waals surface area (Å²) in [6.07, 6.45) is 0.529. The molecule has 1 aliphatic rings. The summed E-state index contributed by atoms with van der Waals surface area (Å²) >= 11 is 3.56. The lowest BCUT2D eigenvalue weighted by molar-refractivity contribution is 0.191. The zero-order valence-electron chi connectivity index (χ0n) is 11.4. The van der Waals surface area contributed by atoms with E-state index >= 15 is 0 Å². The van der Waals surface area contributed by atoms with Crippen LogP contribution in [-0.4, -0.2) is 54.4 Å². The van der Waals surface area contributed by atoms with Crippen molar-refractivity contribution in [2.45, 2.75) is 25.2 Å². The average molecular weight is 329 g/mol. The second-order valence-electron chi connectivity index (χ2n) is 5.40. The van der Waals surface area contributed by atoms with Gasteiger partial charge in [-0.25, -0.2) is 0 Å². The standard InChI is InChI=1S/C14H21BrN2O2/c1-16(2)7-11-6-12(19)8-17(11)14-4-3-10(9-18)5-13(14)15/h3-5,11-12,18-19H,6-9H2,1-2H3. The van der Waals surface area contributed by atoms with E-state index in [0.29, 0.717) is 12.6 Å². The van der Waals surface area contributed by atoms with Gasteiger partial charge in [-0.3, -0.25) is 0 Å². The number of hydrogen-bond acceptors (Lipinski definition) is 4. The SMILES string of the molecule is CN(C)CC1CC(O)CN1c1ccc(CO)cc1Br. The van der Waals surface area contributed by atoms with Crippen molar-refractivity contribution >= 4 is 21.6 Å². The van der Waals surface area contributed by atoms with Gasteiger partial charge in [0.2, 0.25) is 0 Å². The number of aliphatic hydroxyl groups is 2. The van der Waals surface area contributed by atoms with Crippen LogP contribution in [-0.2, 0) is 6.61 Å². The summed E-state index contributed by atoms with van der Waals surface area (Å²) < 4.78 is 0.969. The smallest absolute Gasteiger partial charge is 0.0735 e. The number of hydrogen-bond donors (Lipinski definition) is 2. The van der Waals surface area contributed by atoms with Gasteiger partial charge in [0, 0.05) is 23.6 Å². The van der Waals surface area contributed by atoms with Gasteiger partial charge in [-0.05, 0) is 54.1 Å². The highest BCUT2D eigenvalue weighted by Gasteiger charge is 2.32. The quantitative estimate of drug-likeness (QED) is 0.878. The predicted octanol–water partition coefficient (Wildman–Crippen LogP) is 1.44. The first-order valence-corrected chi connectivity index (χ1v) is 7.29. The van der Waals surface area contributed by atoms with Crippen molar-refractivity contribution in [3.05, 3.63) is 28.2 Å². The van der Waals surface area contributed by atoms with Crippen molar-refractivity contribution in [2.24, 2.45) is 0 Å². The summed E-state index contributed by atoms with van der Waals surface area (Å²) in [7, 11) is 4.10. The molecule has 0 spiro atoms. The molecule has 106 valence electrons. The maximum Gasteiger partial charge on any atom is 0.0735 e. The first kappa shape index (κ1) is 14.8. The van der Waals surface area contributed by atoms with Crippen LogP contribution in [0, 0.1) is 0 Å². The molecule has 19 heavy (non-hydrogen) atoms. The second-order valence-corrected chi connectivity index (χ2v) is 6.26. The molecule has 1 aromatic carbocycles. The maximum atomic E-state index is 9.92. The summed E-state index contributed by atoms with van der Waals surface area (Å²) in [6, 6.07) is 6.20. The Morgan fingerprint density at radius 2 is 2.16 bits per heavy atom. The van der Waals surface area contributed by atoms with Crippen molar-refractivity contribution in [1.29, 1.82) is 0 Å². The number of benzene rings is 1. The van der Waals surface area contributed by atoms with Crippen LogP contribution in [0.1, 0.15) is 12.0 Å². The molecule has 0 radical (unpaired) electrons. The average Bonchev–Trinajstić information content (AvgIpc) is 2.69. The van der Waals surface area contributed by atoms with Crippen molar-refractivity contribution in [3.8, 4) is 0 Å². The lowest BCUT2D eigenvalue weighted by atomic mass is 10.1. The summed E-state index contributed by atoms with van der Waals surface area (Å²) in [4.78, 5) is 4.39. The van der Waals surface area contributed by atoms with Gasteiger partial charge in [-0.2, -0.15) is 0 Å². The van der Waals surface area contributed by atoms with E-state index in [2.05, 4.69) is 25.7 Å². The molecule has 5 heteroatoms. The van der Waals surface area contributed by atoms with Gasteiger partial charge in [-0.15, -0.1) is 0 Å². The molecule has 1 saturated heterocycles. The number of aliphatic hydroxyl groups excluding tert-OH is 2. The first-order chi connectivity index (χ1) is 9.01. The van der Waals surface area contributed by atoms with E-state index in [-0.39, 0.29) is 12.7 Å². The molecule has 0 saturated carbocycles. The van der Waals surface area contributed by atoms with Gasteiger partial charge in [0.25, 0.3) is 0 Å². The van der Waals surface area contributed by atoms with Crippen LogP contribution < -0.4 is 4.90 Å². The normalized spacial score (nSPS) is 23.4. The van der Waals surface area contributed by atoms with Gasteiger partial charge < -0.3 is 20.0 Å². The highest BCUT2D eigenvalue weighted by atomic mass is 79.9. The molecule has 1 aliphatic heterocycles. The van der Waals surface area contributed by atoms with E-state index in [1.165, 1.54) is 0 Å². The minimum absolute atomic E-state index is 0.0443. The molecule has 1 fully saturated rings. The lowest BCUT2D eigenvalue weighted by Gasteiger charge is -2.29. The molecule has 2 N–H and O–H groups in total. The fourth-order valence-electron chi connectivity index (χ4n) is 2.66. The maximum absolute atomic E-state index is 9.92. The van der Waals surface area contributed by atoms with Crippen molar-refractivity contribution in [3.63, 3.8) is 0 Å². The van der Waals surface area contributed by atoms with Crippen molar-refractivity contribution in [2.75, 3.05) is 32.1 Å². The molecule has 0 bridgehead atoms. The molecule has 2 atom stereocenters. The molecule has 4 nitrogen and oxygen atoms in total. The van der Waals surface area contributed by atoms with Crippen molar-refractivity contribution < 1.29 is 10.2 Å². The Morgan fingerprint density at radius 1 is 1.42 bits per heavy atom. The molecule has 1 aromatic rings. The number of β-amino-alcohol motifs (C(OH)–C–C–N with tert-alkyl or cyclic N) is 1. The van der Waals surface area contributed by atoms with Crippen LogP contribution in [0.2, 0.25) is 0 Å². The topological polar surface area (TPSA) is 46.9 Å². The van der Waals surface area contributed by atoms with Gasteiger partial charge >= 0.3 is 0 Å². The molecular weight excluding hydrogens is 308 g/mol. The Bertz CT molecular complexity index is 439. The Hall–Kier alpha value is -0.620. The Labute approximate surface area is 122 Å². The summed E-state index contributed by atoms with van der Waals surface area (Å²) in [5.41, 5.74) is 1.97. The Kier molecular flexibility index (Phi) is 4.84. The number of halogens is 1. The van der Waals surface area contributed by atoms with Gasteiger partial charge in [-0.1, -0.05) is 6.07 Å². The van der Waals surface area contributed by atoms with Crippen LogP contribution >= 0.6 is 15.9 Å². The number of rotatable bonds is 4. The number of anilines is 1. The van der Waals surface area contributed by atoms with E-state index in [4.69, 9.17) is 5.11 Å². The molecule has 2 rings (SSSR count). The highest BCUT2D eigenvalue weighted by Crippen LogP contribution is 2.33. The molecule has 2 unspecified atom stereocenters. The van der Waals surface area contributed by atoms with Crippen LogP contribution in [0.25, 0.3) is 0 Å². The fraction of sp³-hybridized carbons (Fsp3) is 0.571. The first-order valence-electron chi connectivity index (χ1n) is 6.50. The van der Waals surface area contributed by atoms with E-state index < -0.39 is 0 Å². The van der Waals surface area contributed by atoms with E-state index in [0.717, 1.165) is 28.7 Å². The third kappa shape index (κ3) is 3.48. The Balaban J connectivity index is 2.23. The largest absolute Gasteiger partial charge is 0.392 e. The zero-order valence-corrected chi connectivity index (χ0v) is 13.0. The summed E-state index contributed by atoms with van der Waals surface area (Å²) in [5, 5.41) is 19.1. The predicted molar refractivity (Wildman–Crippen MR) is 80.4 cm³/mol. The number of nitrogens with zero attached hydrogens (tertiary/aromatic N) is 2.